The van der Waals surface area contributed by atoms with E-state index in [2.05, 4.69) is 47.1 Å². The topological polar surface area (TPSA) is 23.6 Å². The second-order valence-corrected chi connectivity index (χ2v) is 6.43. The summed E-state index contributed by atoms with van der Waals surface area (Å²) >= 11 is 0. The molecule has 1 heterocycles. The minimum atomic E-state index is 0.336. The molecule has 1 saturated heterocycles. The molecular formula is C18H26N2O. The van der Waals surface area contributed by atoms with Crippen molar-refractivity contribution in [2.75, 3.05) is 26.2 Å². The van der Waals surface area contributed by atoms with Crippen LogP contribution in [0.4, 0.5) is 0 Å². The van der Waals surface area contributed by atoms with E-state index in [1.54, 1.807) is 0 Å². The van der Waals surface area contributed by atoms with Gasteiger partial charge in [-0.2, -0.15) is 0 Å². The molecule has 1 aromatic carbocycles. The number of hydrogen-bond donors (Lipinski definition) is 0. The fourth-order valence-electron chi connectivity index (χ4n) is 3.40. The van der Waals surface area contributed by atoms with Crippen molar-refractivity contribution in [2.45, 2.75) is 38.6 Å². The van der Waals surface area contributed by atoms with Crippen LogP contribution in [0.15, 0.2) is 30.3 Å². The summed E-state index contributed by atoms with van der Waals surface area (Å²) in [6.07, 6.45) is 4.55. The van der Waals surface area contributed by atoms with E-state index in [-0.39, 0.29) is 0 Å². The minimum absolute atomic E-state index is 0.336. The fourth-order valence-corrected chi connectivity index (χ4v) is 3.40. The molecule has 0 bridgehead atoms. The molecule has 2 fully saturated rings. The van der Waals surface area contributed by atoms with Gasteiger partial charge in [-0.25, -0.2) is 0 Å². The predicted molar refractivity (Wildman–Crippen MR) is 85.0 cm³/mol. The number of benzene rings is 1. The zero-order chi connectivity index (χ0) is 14.7. The number of amides is 1. The Morgan fingerprint density at radius 3 is 2.48 bits per heavy atom. The van der Waals surface area contributed by atoms with Crippen molar-refractivity contribution in [1.82, 2.24) is 9.80 Å². The maximum atomic E-state index is 12.4. The molecule has 1 atom stereocenters. The Hall–Kier alpha value is -1.35. The fraction of sp³-hybridized carbons (Fsp3) is 0.611. The van der Waals surface area contributed by atoms with Crippen LogP contribution in [0.2, 0.25) is 0 Å². The number of carbonyl (C=O) groups is 1. The molecule has 3 nitrogen and oxygen atoms in total. The highest BCUT2D eigenvalue weighted by atomic mass is 16.2. The second-order valence-electron chi connectivity index (χ2n) is 6.43. The SMILES string of the molecule is CC(c1ccccc1)N1CCCN(C(=O)C2CCC2)CC1. The molecular weight excluding hydrogens is 260 g/mol. The molecule has 1 unspecified atom stereocenters. The van der Waals surface area contributed by atoms with Crippen LogP contribution >= 0.6 is 0 Å². The smallest absolute Gasteiger partial charge is 0.225 e. The van der Waals surface area contributed by atoms with Crippen LogP contribution in [0.3, 0.4) is 0 Å². The highest BCUT2D eigenvalue weighted by molar-refractivity contribution is 5.79. The van der Waals surface area contributed by atoms with Crippen molar-refractivity contribution in [2.24, 2.45) is 5.92 Å². The van der Waals surface area contributed by atoms with E-state index < -0.39 is 0 Å². The summed E-state index contributed by atoms with van der Waals surface area (Å²) in [5.74, 6) is 0.749. The Bertz CT molecular complexity index is 469. The standard InChI is InChI=1S/C18H26N2O/c1-15(16-7-3-2-4-8-16)19-11-6-12-20(14-13-19)18(21)17-9-5-10-17/h2-4,7-8,15,17H,5-6,9-14H2,1H3. The summed E-state index contributed by atoms with van der Waals surface area (Å²) in [6.45, 7) is 6.19. The Balaban J connectivity index is 1.59. The highest BCUT2D eigenvalue weighted by Gasteiger charge is 2.30. The molecule has 1 aliphatic heterocycles. The van der Waals surface area contributed by atoms with E-state index in [9.17, 15) is 4.79 Å². The van der Waals surface area contributed by atoms with Gasteiger partial charge in [0.2, 0.25) is 5.91 Å². The first-order valence-electron chi connectivity index (χ1n) is 8.33. The Morgan fingerprint density at radius 2 is 1.81 bits per heavy atom. The van der Waals surface area contributed by atoms with Gasteiger partial charge >= 0.3 is 0 Å². The summed E-state index contributed by atoms with van der Waals surface area (Å²) in [5.41, 5.74) is 1.37. The molecule has 114 valence electrons. The molecule has 21 heavy (non-hydrogen) atoms. The lowest BCUT2D eigenvalue weighted by Crippen LogP contribution is -2.41. The van der Waals surface area contributed by atoms with Crippen molar-refractivity contribution in [3.05, 3.63) is 35.9 Å². The van der Waals surface area contributed by atoms with Crippen molar-refractivity contribution >= 4 is 5.91 Å². The number of nitrogens with zero attached hydrogens (tertiary/aromatic N) is 2. The van der Waals surface area contributed by atoms with Gasteiger partial charge in [0.05, 0.1) is 0 Å². The third kappa shape index (κ3) is 3.29. The summed E-state index contributed by atoms with van der Waals surface area (Å²) in [7, 11) is 0. The molecule has 0 spiro atoms. The van der Waals surface area contributed by atoms with Crippen molar-refractivity contribution in [1.29, 1.82) is 0 Å². The van der Waals surface area contributed by atoms with E-state index in [0.29, 0.717) is 17.9 Å². The lowest BCUT2D eigenvalue weighted by atomic mass is 9.84. The van der Waals surface area contributed by atoms with E-state index in [1.807, 2.05) is 0 Å². The van der Waals surface area contributed by atoms with Gasteiger partial charge in [0.15, 0.2) is 0 Å². The molecule has 2 aliphatic rings. The number of rotatable bonds is 3. The number of hydrogen-bond acceptors (Lipinski definition) is 2. The van der Waals surface area contributed by atoms with Gasteiger partial charge in [-0.3, -0.25) is 9.69 Å². The lowest BCUT2D eigenvalue weighted by Gasteiger charge is -2.31. The third-order valence-corrected chi connectivity index (χ3v) is 5.13. The summed E-state index contributed by atoms with van der Waals surface area (Å²) in [5, 5.41) is 0. The molecule has 0 N–H and O–H groups in total. The van der Waals surface area contributed by atoms with Gasteiger partial charge in [-0.1, -0.05) is 36.8 Å². The minimum Gasteiger partial charge on any atom is -0.341 e. The predicted octanol–water partition coefficient (Wildman–Crippen LogP) is 3.08. The normalized spacial score (nSPS) is 22.4. The lowest BCUT2D eigenvalue weighted by molar-refractivity contribution is -0.138. The monoisotopic (exact) mass is 286 g/mol. The van der Waals surface area contributed by atoms with Crippen LogP contribution in [-0.2, 0) is 4.79 Å². The van der Waals surface area contributed by atoms with Gasteiger partial charge in [0.25, 0.3) is 0 Å². The second kappa shape index (κ2) is 6.61. The molecule has 0 aromatic heterocycles. The molecule has 1 aliphatic carbocycles. The van der Waals surface area contributed by atoms with Crippen LogP contribution in [0.5, 0.6) is 0 Å². The van der Waals surface area contributed by atoms with Crippen molar-refractivity contribution in [3.8, 4) is 0 Å². The van der Waals surface area contributed by atoms with E-state index in [0.717, 1.165) is 45.4 Å². The third-order valence-electron chi connectivity index (χ3n) is 5.13. The molecule has 3 heteroatoms. The largest absolute Gasteiger partial charge is 0.341 e. The van der Waals surface area contributed by atoms with Crippen LogP contribution in [0, 0.1) is 5.92 Å². The quantitative estimate of drug-likeness (QED) is 0.852. The van der Waals surface area contributed by atoms with Crippen LogP contribution < -0.4 is 0 Å². The Morgan fingerprint density at radius 1 is 1.05 bits per heavy atom. The van der Waals surface area contributed by atoms with Crippen LogP contribution in [-0.4, -0.2) is 41.9 Å². The first-order chi connectivity index (χ1) is 10.3. The maximum Gasteiger partial charge on any atom is 0.225 e. The van der Waals surface area contributed by atoms with Crippen LogP contribution in [0.1, 0.15) is 44.2 Å². The average Bonchev–Trinajstić information content (AvgIpc) is 2.71. The van der Waals surface area contributed by atoms with Gasteiger partial charge < -0.3 is 4.90 Å². The van der Waals surface area contributed by atoms with Gasteiger partial charge in [-0.15, -0.1) is 0 Å². The maximum absolute atomic E-state index is 12.4. The Kier molecular flexibility index (Phi) is 4.59. The zero-order valence-corrected chi connectivity index (χ0v) is 13.0. The zero-order valence-electron chi connectivity index (χ0n) is 13.0. The molecule has 0 radical (unpaired) electrons. The van der Waals surface area contributed by atoms with Crippen LogP contribution in [0.25, 0.3) is 0 Å². The van der Waals surface area contributed by atoms with E-state index in [4.69, 9.17) is 0 Å². The molecule has 1 amide bonds. The summed E-state index contributed by atoms with van der Waals surface area (Å²) in [4.78, 5) is 17.0. The highest BCUT2D eigenvalue weighted by Crippen LogP contribution is 2.29. The first kappa shape index (κ1) is 14.6. The molecule has 3 rings (SSSR count). The number of carbonyl (C=O) groups excluding carboxylic acids is 1. The first-order valence-corrected chi connectivity index (χ1v) is 8.33. The van der Waals surface area contributed by atoms with Gasteiger partial charge in [0, 0.05) is 38.1 Å². The molecule has 1 aromatic rings. The Labute approximate surface area is 127 Å². The summed E-state index contributed by atoms with van der Waals surface area (Å²) in [6, 6.07) is 11.1. The van der Waals surface area contributed by atoms with E-state index in [1.165, 1.54) is 12.0 Å². The van der Waals surface area contributed by atoms with Crippen molar-refractivity contribution < 1.29 is 4.79 Å². The molecule has 1 saturated carbocycles. The van der Waals surface area contributed by atoms with Crippen molar-refractivity contribution in [3.63, 3.8) is 0 Å². The van der Waals surface area contributed by atoms with E-state index >= 15 is 0 Å². The van der Waals surface area contributed by atoms with Gasteiger partial charge in [-0.05, 0) is 31.7 Å². The summed E-state index contributed by atoms with van der Waals surface area (Å²) < 4.78 is 0. The van der Waals surface area contributed by atoms with Gasteiger partial charge in [0.1, 0.15) is 0 Å². The average molecular weight is 286 g/mol.